The molecule has 1 N–H and O–H groups in total. The lowest BCUT2D eigenvalue weighted by molar-refractivity contribution is -0.148. The molecule has 1 saturated carbocycles. The van der Waals surface area contributed by atoms with E-state index in [1.54, 1.807) is 6.92 Å². The zero-order valence-electron chi connectivity index (χ0n) is 9.25. The minimum atomic E-state index is -2.51. The van der Waals surface area contributed by atoms with Crippen LogP contribution in [0.2, 0.25) is 0 Å². The maximum absolute atomic E-state index is 11.8. The molecule has 0 bridgehead atoms. The van der Waals surface area contributed by atoms with Crippen LogP contribution in [0.4, 0.5) is 8.78 Å². The van der Waals surface area contributed by atoms with Crippen LogP contribution in [0.15, 0.2) is 0 Å². The first-order chi connectivity index (χ1) is 7.63. The number of alkyl halides is 2. The highest BCUT2D eigenvalue weighted by molar-refractivity contribution is 5.76. The van der Waals surface area contributed by atoms with Gasteiger partial charge in [0.1, 0.15) is 12.6 Å². The van der Waals surface area contributed by atoms with Crippen LogP contribution in [0, 0.1) is 0 Å². The molecule has 0 radical (unpaired) electrons. The largest absolute Gasteiger partial charge is 0.465 e. The molecule has 0 aromatic rings. The summed E-state index contributed by atoms with van der Waals surface area (Å²) in [4.78, 5) is 11.4. The lowest BCUT2D eigenvalue weighted by Crippen LogP contribution is -2.43. The van der Waals surface area contributed by atoms with Crippen LogP contribution >= 0.6 is 0 Å². The van der Waals surface area contributed by atoms with E-state index in [1.165, 1.54) is 0 Å². The molecule has 1 fully saturated rings. The first-order valence-electron chi connectivity index (χ1n) is 5.42. The lowest BCUT2D eigenvalue weighted by Gasteiger charge is -2.16. The predicted octanol–water partition coefficient (Wildman–Crippen LogP) is 0.952. The van der Waals surface area contributed by atoms with Gasteiger partial charge in [-0.3, -0.25) is 10.1 Å². The molecule has 0 saturated heterocycles. The van der Waals surface area contributed by atoms with Crippen LogP contribution in [0.1, 0.15) is 19.8 Å². The first kappa shape index (κ1) is 13.3. The van der Waals surface area contributed by atoms with Crippen molar-refractivity contribution < 1.29 is 23.0 Å². The Morgan fingerprint density at radius 1 is 1.44 bits per heavy atom. The number of nitrogens with one attached hydrogen (secondary N) is 1. The monoisotopic (exact) mass is 237 g/mol. The average molecular weight is 237 g/mol. The van der Waals surface area contributed by atoms with Gasteiger partial charge >= 0.3 is 5.97 Å². The van der Waals surface area contributed by atoms with Gasteiger partial charge in [0.15, 0.2) is 0 Å². The molecule has 0 spiro atoms. The van der Waals surface area contributed by atoms with E-state index >= 15 is 0 Å². The van der Waals surface area contributed by atoms with E-state index in [4.69, 9.17) is 9.47 Å². The van der Waals surface area contributed by atoms with E-state index in [1.807, 2.05) is 0 Å². The van der Waals surface area contributed by atoms with E-state index in [0.717, 1.165) is 12.8 Å². The van der Waals surface area contributed by atoms with E-state index in [2.05, 4.69) is 5.32 Å². The third-order valence-corrected chi connectivity index (χ3v) is 2.11. The van der Waals surface area contributed by atoms with Crippen LogP contribution in [-0.2, 0) is 14.3 Å². The fourth-order valence-electron chi connectivity index (χ4n) is 1.24. The van der Waals surface area contributed by atoms with Crippen molar-refractivity contribution in [1.82, 2.24) is 5.32 Å². The Morgan fingerprint density at radius 3 is 2.62 bits per heavy atom. The van der Waals surface area contributed by atoms with Crippen molar-refractivity contribution >= 4 is 5.97 Å². The summed E-state index contributed by atoms with van der Waals surface area (Å²) in [5, 5.41) is 3.00. The van der Waals surface area contributed by atoms with E-state index in [-0.39, 0.29) is 13.2 Å². The molecule has 1 atom stereocenters. The summed E-state index contributed by atoms with van der Waals surface area (Å²) in [5.41, 5.74) is 0. The highest BCUT2D eigenvalue weighted by Crippen LogP contribution is 2.19. The number of carbonyl (C=O) groups excluding carboxylic acids is 1. The van der Waals surface area contributed by atoms with Gasteiger partial charge in [-0.05, 0) is 19.8 Å². The van der Waals surface area contributed by atoms with Gasteiger partial charge in [0.2, 0.25) is 0 Å². The number of rotatable bonds is 8. The standard InChI is InChI=1S/C10H17F2NO3/c1-2-16-10(14)8(13-7-3-4-7)5-15-6-9(11)12/h7-9,13H,2-6H2,1H3. The van der Waals surface area contributed by atoms with E-state index in [9.17, 15) is 13.6 Å². The molecule has 6 heteroatoms. The highest BCUT2D eigenvalue weighted by Gasteiger charge is 2.29. The topological polar surface area (TPSA) is 47.6 Å². The van der Waals surface area contributed by atoms with E-state index < -0.39 is 25.0 Å². The van der Waals surface area contributed by atoms with Gasteiger partial charge in [-0.25, -0.2) is 8.78 Å². The molecule has 0 aromatic heterocycles. The van der Waals surface area contributed by atoms with Crippen molar-refractivity contribution in [2.24, 2.45) is 0 Å². The van der Waals surface area contributed by atoms with Crippen molar-refractivity contribution in [3.8, 4) is 0 Å². The van der Waals surface area contributed by atoms with Gasteiger partial charge in [-0.2, -0.15) is 0 Å². The zero-order chi connectivity index (χ0) is 12.0. The number of ether oxygens (including phenoxy) is 2. The van der Waals surface area contributed by atoms with Crippen molar-refractivity contribution in [3.05, 3.63) is 0 Å². The Labute approximate surface area is 93.3 Å². The zero-order valence-corrected chi connectivity index (χ0v) is 9.25. The maximum Gasteiger partial charge on any atom is 0.325 e. The summed E-state index contributed by atoms with van der Waals surface area (Å²) >= 11 is 0. The Hall–Kier alpha value is -0.750. The second-order valence-corrected chi connectivity index (χ2v) is 3.67. The summed E-state index contributed by atoms with van der Waals surface area (Å²) in [5.74, 6) is -0.441. The number of esters is 1. The normalized spacial score (nSPS) is 17.5. The summed E-state index contributed by atoms with van der Waals surface area (Å²) in [7, 11) is 0. The SMILES string of the molecule is CCOC(=O)C(COCC(F)F)NC1CC1. The first-order valence-corrected chi connectivity index (χ1v) is 5.42. The maximum atomic E-state index is 11.8. The molecule has 16 heavy (non-hydrogen) atoms. The molecule has 0 aliphatic heterocycles. The van der Waals surface area contributed by atoms with Gasteiger partial charge in [-0.1, -0.05) is 0 Å². The second kappa shape index (κ2) is 6.75. The molecule has 0 amide bonds. The van der Waals surface area contributed by atoms with Gasteiger partial charge in [-0.15, -0.1) is 0 Å². The molecule has 1 aliphatic rings. The summed E-state index contributed by atoms with van der Waals surface area (Å²) in [6.07, 6.45) is -0.501. The number of halogens is 2. The Morgan fingerprint density at radius 2 is 2.12 bits per heavy atom. The van der Waals surface area contributed by atoms with Crippen LogP contribution in [0.5, 0.6) is 0 Å². The quantitative estimate of drug-likeness (QED) is 0.638. The van der Waals surface area contributed by atoms with Gasteiger partial charge < -0.3 is 9.47 Å². The smallest absolute Gasteiger partial charge is 0.325 e. The van der Waals surface area contributed by atoms with Gasteiger partial charge in [0.25, 0.3) is 6.43 Å². The van der Waals surface area contributed by atoms with Crippen LogP contribution in [0.3, 0.4) is 0 Å². The lowest BCUT2D eigenvalue weighted by atomic mass is 10.3. The van der Waals surface area contributed by atoms with E-state index in [0.29, 0.717) is 6.04 Å². The molecule has 0 heterocycles. The van der Waals surface area contributed by atoms with Gasteiger partial charge in [0, 0.05) is 6.04 Å². The summed E-state index contributed by atoms with van der Waals surface area (Å²) < 4.78 is 33.3. The summed E-state index contributed by atoms with van der Waals surface area (Å²) in [6.45, 7) is 1.25. The van der Waals surface area contributed by atoms with Crippen LogP contribution < -0.4 is 5.32 Å². The molecule has 1 unspecified atom stereocenters. The van der Waals surface area contributed by atoms with Crippen molar-refractivity contribution in [1.29, 1.82) is 0 Å². The minimum absolute atomic E-state index is 0.0698. The molecule has 1 aliphatic carbocycles. The van der Waals surface area contributed by atoms with Crippen molar-refractivity contribution in [2.45, 2.75) is 38.3 Å². The van der Waals surface area contributed by atoms with Crippen LogP contribution in [0.25, 0.3) is 0 Å². The number of carbonyl (C=O) groups is 1. The fourth-order valence-corrected chi connectivity index (χ4v) is 1.24. The van der Waals surface area contributed by atoms with Crippen LogP contribution in [-0.4, -0.2) is 44.3 Å². The third kappa shape index (κ3) is 5.37. The highest BCUT2D eigenvalue weighted by atomic mass is 19.3. The third-order valence-electron chi connectivity index (χ3n) is 2.11. The molecular weight excluding hydrogens is 220 g/mol. The predicted molar refractivity (Wildman–Crippen MR) is 53.4 cm³/mol. The molecule has 94 valence electrons. The second-order valence-electron chi connectivity index (χ2n) is 3.67. The summed E-state index contributed by atoms with van der Waals surface area (Å²) in [6, 6.07) is -0.337. The molecule has 0 aromatic carbocycles. The van der Waals surface area contributed by atoms with Crippen molar-refractivity contribution in [2.75, 3.05) is 19.8 Å². The number of hydrogen-bond acceptors (Lipinski definition) is 4. The minimum Gasteiger partial charge on any atom is -0.465 e. The Bertz CT molecular complexity index is 222. The average Bonchev–Trinajstić information content (AvgIpc) is 3.00. The van der Waals surface area contributed by atoms with Gasteiger partial charge in [0.05, 0.1) is 13.2 Å². The molecule has 4 nitrogen and oxygen atoms in total. The Kier molecular flexibility index (Phi) is 5.62. The number of hydrogen-bond donors (Lipinski definition) is 1. The fraction of sp³-hybridized carbons (Fsp3) is 0.900. The molecule has 1 rings (SSSR count). The van der Waals surface area contributed by atoms with Crippen molar-refractivity contribution in [3.63, 3.8) is 0 Å². The Balaban J connectivity index is 2.27. The molecular formula is C10H17F2NO3.